The predicted molar refractivity (Wildman–Crippen MR) is 97.7 cm³/mol. The molecule has 24 heavy (non-hydrogen) atoms. The van der Waals surface area contributed by atoms with Gasteiger partial charge in [0, 0.05) is 12.1 Å². The van der Waals surface area contributed by atoms with E-state index in [1.165, 1.54) is 61.8 Å². The molecule has 1 saturated carbocycles. The third-order valence-electron chi connectivity index (χ3n) is 5.51. The Kier molecular flexibility index (Phi) is 4.46. The highest BCUT2D eigenvalue weighted by atomic mass is 19.1. The minimum Gasteiger partial charge on any atom is -0.260 e. The summed E-state index contributed by atoms with van der Waals surface area (Å²) < 4.78 is 13.0. The van der Waals surface area contributed by atoms with Crippen LogP contribution in [0, 0.1) is 11.7 Å². The van der Waals surface area contributed by atoms with E-state index in [4.69, 9.17) is 0 Å². The zero-order valence-corrected chi connectivity index (χ0v) is 14.0. The van der Waals surface area contributed by atoms with E-state index in [9.17, 15) is 4.39 Å². The first kappa shape index (κ1) is 15.6. The number of hydrogen-bond acceptors (Lipinski definition) is 1. The van der Waals surface area contributed by atoms with Gasteiger partial charge in [0.1, 0.15) is 5.82 Å². The maximum atomic E-state index is 13.0. The Morgan fingerprint density at radius 1 is 0.875 bits per heavy atom. The Morgan fingerprint density at radius 2 is 1.62 bits per heavy atom. The summed E-state index contributed by atoms with van der Waals surface area (Å²) in [5, 5.41) is 0. The van der Waals surface area contributed by atoms with Crippen LogP contribution < -0.4 is 0 Å². The van der Waals surface area contributed by atoms with Crippen LogP contribution in [-0.2, 0) is 12.8 Å². The molecule has 0 N–H and O–H groups in total. The highest BCUT2D eigenvalue weighted by molar-refractivity contribution is 5.81. The van der Waals surface area contributed by atoms with Gasteiger partial charge in [-0.3, -0.25) is 4.99 Å². The van der Waals surface area contributed by atoms with Crippen molar-refractivity contribution in [2.75, 3.05) is 0 Å². The molecule has 2 aromatic rings. The smallest absolute Gasteiger partial charge is 0.123 e. The van der Waals surface area contributed by atoms with Crippen molar-refractivity contribution in [3.63, 3.8) is 0 Å². The molecule has 124 valence electrons. The molecule has 2 aromatic carbocycles. The lowest BCUT2D eigenvalue weighted by molar-refractivity contribution is 0.356. The fourth-order valence-corrected chi connectivity index (χ4v) is 4.15. The second-order valence-electron chi connectivity index (χ2n) is 7.32. The van der Waals surface area contributed by atoms with E-state index in [2.05, 4.69) is 29.4 Å². The monoisotopic (exact) mass is 321 g/mol. The third kappa shape index (κ3) is 3.43. The standard InChI is InChI=1S/C22H24FN/c23-20-9-6-17(7-10-20)13-19-15-24-22-14-18(8-11-21(19)22)12-16-4-2-1-3-5-16/h6-11,14-16,19H,1-5,12-13H2/t19-/m1/s1. The predicted octanol–water partition coefficient (Wildman–Crippen LogP) is 5.99. The molecule has 0 spiro atoms. The zero-order chi connectivity index (χ0) is 16.4. The average molecular weight is 321 g/mol. The Labute approximate surface area is 143 Å². The Bertz CT molecular complexity index is 726. The van der Waals surface area contributed by atoms with Crippen molar-refractivity contribution in [3.8, 4) is 0 Å². The molecule has 1 aliphatic heterocycles. The molecule has 0 amide bonds. The van der Waals surface area contributed by atoms with Crippen LogP contribution in [0.2, 0.25) is 0 Å². The quantitative estimate of drug-likeness (QED) is 0.656. The second kappa shape index (κ2) is 6.88. The highest BCUT2D eigenvalue weighted by Gasteiger charge is 2.21. The van der Waals surface area contributed by atoms with Gasteiger partial charge in [-0.15, -0.1) is 0 Å². The topological polar surface area (TPSA) is 12.4 Å². The lowest BCUT2D eigenvalue weighted by atomic mass is 9.84. The van der Waals surface area contributed by atoms with E-state index in [1.54, 1.807) is 0 Å². The van der Waals surface area contributed by atoms with Gasteiger partial charge in [0.25, 0.3) is 0 Å². The SMILES string of the molecule is Fc1ccc(C[C@@H]2C=Nc3cc(CC4CCCCC4)ccc32)cc1. The maximum absolute atomic E-state index is 13.0. The number of nitrogens with zero attached hydrogens (tertiary/aromatic N) is 1. The second-order valence-corrected chi connectivity index (χ2v) is 7.32. The van der Waals surface area contributed by atoms with Crippen LogP contribution in [0.5, 0.6) is 0 Å². The molecule has 1 aliphatic carbocycles. The fourth-order valence-electron chi connectivity index (χ4n) is 4.15. The highest BCUT2D eigenvalue weighted by Crippen LogP contribution is 2.36. The van der Waals surface area contributed by atoms with Crippen LogP contribution in [0.4, 0.5) is 10.1 Å². The first-order valence-electron chi connectivity index (χ1n) is 9.19. The normalized spacial score (nSPS) is 20.3. The van der Waals surface area contributed by atoms with Crippen LogP contribution in [0.15, 0.2) is 47.5 Å². The summed E-state index contributed by atoms with van der Waals surface area (Å²) >= 11 is 0. The number of aliphatic imine (C=N–C) groups is 1. The lowest BCUT2D eigenvalue weighted by Crippen LogP contribution is -2.09. The molecular formula is C22H24FN. The molecule has 2 aliphatic rings. The van der Waals surface area contributed by atoms with Crippen LogP contribution >= 0.6 is 0 Å². The van der Waals surface area contributed by atoms with Gasteiger partial charge in [0.2, 0.25) is 0 Å². The summed E-state index contributed by atoms with van der Waals surface area (Å²) in [6.07, 6.45) is 11.1. The number of benzene rings is 2. The molecular weight excluding hydrogens is 297 g/mol. The van der Waals surface area contributed by atoms with Crippen molar-refractivity contribution in [2.24, 2.45) is 10.9 Å². The van der Waals surface area contributed by atoms with E-state index < -0.39 is 0 Å². The van der Waals surface area contributed by atoms with E-state index in [1.807, 2.05) is 12.1 Å². The zero-order valence-electron chi connectivity index (χ0n) is 14.0. The van der Waals surface area contributed by atoms with Gasteiger partial charge in [0.05, 0.1) is 5.69 Å². The van der Waals surface area contributed by atoms with Gasteiger partial charge in [-0.25, -0.2) is 4.39 Å². The maximum Gasteiger partial charge on any atom is 0.123 e. The van der Waals surface area contributed by atoms with Gasteiger partial charge in [0.15, 0.2) is 0 Å². The van der Waals surface area contributed by atoms with E-state index >= 15 is 0 Å². The minimum atomic E-state index is -0.174. The van der Waals surface area contributed by atoms with Gasteiger partial charge in [-0.2, -0.15) is 0 Å². The summed E-state index contributed by atoms with van der Waals surface area (Å²) in [5.41, 5.74) is 5.04. The molecule has 1 heterocycles. The number of rotatable bonds is 4. The van der Waals surface area contributed by atoms with Crippen LogP contribution in [-0.4, -0.2) is 6.21 Å². The molecule has 1 atom stereocenters. The number of halogens is 1. The third-order valence-corrected chi connectivity index (χ3v) is 5.51. The molecule has 1 nitrogen and oxygen atoms in total. The molecule has 0 unspecified atom stereocenters. The fraction of sp³-hybridized carbons (Fsp3) is 0.409. The summed E-state index contributed by atoms with van der Waals surface area (Å²) in [5.74, 6) is 0.998. The van der Waals surface area contributed by atoms with Crippen LogP contribution in [0.25, 0.3) is 0 Å². The summed E-state index contributed by atoms with van der Waals surface area (Å²) in [6, 6.07) is 13.7. The van der Waals surface area contributed by atoms with Crippen molar-refractivity contribution >= 4 is 11.9 Å². The first-order valence-corrected chi connectivity index (χ1v) is 9.19. The van der Waals surface area contributed by atoms with Crippen LogP contribution in [0.1, 0.15) is 54.7 Å². The molecule has 0 saturated heterocycles. The van der Waals surface area contributed by atoms with Gasteiger partial charge >= 0.3 is 0 Å². The molecule has 0 bridgehead atoms. The molecule has 0 radical (unpaired) electrons. The van der Waals surface area contributed by atoms with Crippen LogP contribution in [0.3, 0.4) is 0 Å². The van der Waals surface area contributed by atoms with Crippen molar-refractivity contribution in [3.05, 3.63) is 65.0 Å². The molecule has 1 fully saturated rings. The van der Waals surface area contributed by atoms with Crippen molar-refractivity contribution < 1.29 is 4.39 Å². The summed E-state index contributed by atoms with van der Waals surface area (Å²) in [4.78, 5) is 4.65. The van der Waals surface area contributed by atoms with Gasteiger partial charge < -0.3 is 0 Å². The lowest BCUT2D eigenvalue weighted by Gasteiger charge is -2.21. The van der Waals surface area contributed by atoms with Crippen molar-refractivity contribution in [1.29, 1.82) is 0 Å². The largest absolute Gasteiger partial charge is 0.260 e. The van der Waals surface area contributed by atoms with Gasteiger partial charge in [-0.1, -0.05) is 56.4 Å². The molecule has 0 aromatic heterocycles. The summed E-state index contributed by atoms with van der Waals surface area (Å²) in [7, 11) is 0. The Hall–Kier alpha value is -1.96. The molecule has 4 rings (SSSR count). The van der Waals surface area contributed by atoms with Crippen molar-refractivity contribution in [1.82, 2.24) is 0 Å². The average Bonchev–Trinajstić information content (AvgIpc) is 3.00. The van der Waals surface area contributed by atoms with Crippen molar-refractivity contribution in [2.45, 2.75) is 50.9 Å². The first-order chi connectivity index (χ1) is 11.8. The number of fused-ring (bicyclic) bond motifs is 1. The van der Waals surface area contributed by atoms with E-state index in [-0.39, 0.29) is 5.82 Å². The Balaban J connectivity index is 1.46. The number of hydrogen-bond donors (Lipinski definition) is 0. The van der Waals surface area contributed by atoms with Gasteiger partial charge in [-0.05, 0) is 53.6 Å². The van der Waals surface area contributed by atoms with E-state index in [0.29, 0.717) is 5.92 Å². The minimum absolute atomic E-state index is 0.174. The van der Waals surface area contributed by atoms with E-state index in [0.717, 1.165) is 23.6 Å². The Morgan fingerprint density at radius 3 is 2.42 bits per heavy atom. The summed E-state index contributed by atoms with van der Waals surface area (Å²) in [6.45, 7) is 0. The molecule has 2 heteroatoms.